The predicted molar refractivity (Wildman–Crippen MR) is 122 cm³/mol. The zero-order valence-corrected chi connectivity index (χ0v) is 18.6. The predicted octanol–water partition coefficient (Wildman–Crippen LogP) is 3.13. The molecule has 0 radical (unpaired) electrons. The number of halogens is 2. The third-order valence-corrected chi connectivity index (χ3v) is 5.92. The van der Waals surface area contributed by atoms with Gasteiger partial charge in [0.05, 0.1) is 19.8 Å². The minimum atomic E-state index is -2.48. The number of nitrogens with two attached hydrogens (primary N) is 1. The molecule has 8 nitrogen and oxygen atoms in total. The Bertz CT molecular complexity index is 1290. The molecule has 0 saturated carbocycles. The molecular weight excluding hydrogens is 458 g/mol. The average molecular weight is 482 g/mol. The van der Waals surface area contributed by atoms with Gasteiger partial charge < -0.3 is 25.1 Å². The molecule has 1 saturated heterocycles. The van der Waals surface area contributed by atoms with E-state index in [-0.39, 0.29) is 36.8 Å². The average Bonchev–Trinajstić information content (AvgIpc) is 3.39. The Kier molecular flexibility index (Phi) is 6.44. The standard InChI is InChI=1S/C25H24F2N4O4/c26-22-21(34-14-17-9-5-2-6-10-17)19(15-33-13-16-7-3-1-4-8-16)35-25(22,32)20-12-11-18-23(28)29-24(27)30-31(18)20/h1-12,19,21-22,32H,13-15H2,(H2,28,29,30)/t19-,21-,22-,25?/m1/s1. The lowest BCUT2D eigenvalue weighted by Crippen LogP contribution is -2.40. The number of aliphatic hydroxyl groups is 1. The SMILES string of the molecule is Nc1nc(F)nn2c(C3(O)O[C@H](COCc4ccccc4)[C@@H](OCc4ccccc4)[C@H]3F)ccc12. The topological polar surface area (TPSA) is 104 Å². The smallest absolute Gasteiger partial charge is 0.327 e. The Balaban J connectivity index is 1.41. The van der Waals surface area contributed by atoms with Gasteiger partial charge in [-0.2, -0.15) is 9.37 Å². The molecule has 182 valence electrons. The molecule has 0 amide bonds. The van der Waals surface area contributed by atoms with Crippen LogP contribution in [0.15, 0.2) is 72.8 Å². The van der Waals surface area contributed by atoms with Gasteiger partial charge in [0, 0.05) is 0 Å². The molecule has 1 aliphatic rings. The van der Waals surface area contributed by atoms with Crippen molar-refractivity contribution in [1.29, 1.82) is 0 Å². The summed E-state index contributed by atoms with van der Waals surface area (Å²) in [5.41, 5.74) is 7.59. The molecule has 3 heterocycles. The number of hydrogen-bond acceptors (Lipinski definition) is 7. The number of nitrogens with zero attached hydrogens (tertiary/aromatic N) is 3. The number of rotatable bonds is 8. The highest BCUT2D eigenvalue weighted by Gasteiger charge is 2.58. The number of ether oxygens (including phenoxy) is 3. The summed E-state index contributed by atoms with van der Waals surface area (Å²) in [6.45, 7) is 0.315. The van der Waals surface area contributed by atoms with Crippen LogP contribution >= 0.6 is 0 Å². The molecule has 0 bridgehead atoms. The number of alkyl halides is 1. The van der Waals surface area contributed by atoms with Gasteiger partial charge in [-0.25, -0.2) is 8.91 Å². The van der Waals surface area contributed by atoms with E-state index in [1.54, 1.807) is 0 Å². The Morgan fingerprint density at radius 2 is 1.66 bits per heavy atom. The summed E-state index contributed by atoms with van der Waals surface area (Å²) >= 11 is 0. The summed E-state index contributed by atoms with van der Waals surface area (Å²) in [4.78, 5) is 3.46. The first-order chi connectivity index (χ1) is 17.0. The highest BCUT2D eigenvalue weighted by atomic mass is 19.1. The van der Waals surface area contributed by atoms with E-state index in [9.17, 15) is 9.50 Å². The molecule has 1 unspecified atom stereocenters. The number of fused-ring (bicyclic) bond motifs is 1. The second-order valence-electron chi connectivity index (χ2n) is 8.30. The highest BCUT2D eigenvalue weighted by molar-refractivity contribution is 5.65. The third-order valence-electron chi connectivity index (χ3n) is 5.92. The summed E-state index contributed by atoms with van der Waals surface area (Å²) in [7, 11) is 0. The van der Waals surface area contributed by atoms with Gasteiger partial charge in [-0.1, -0.05) is 60.7 Å². The van der Waals surface area contributed by atoms with Crippen LogP contribution in [0.5, 0.6) is 0 Å². The van der Waals surface area contributed by atoms with Gasteiger partial charge in [-0.15, -0.1) is 5.10 Å². The van der Waals surface area contributed by atoms with Gasteiger partial charge in [0.15, 0.2) is 12.0 Å². The van der Waals surface area contributed by atoms with Crippen molar-refractivity contribution in [3.05, 3.63) is 95.7 Å². The number of benzene rings is 2. The lowest BCUT2D eigenvalue weighted by atomic mass is 10.0. The molecule has 10 heteroatoms. The number of hydrogen-bond donors (Lipinski definition) is 2. The maximum Gasteiger partial charge on any atom is 0.327 e. The molecule has 1 fully saturated rings. The van der Waals surface area contributed by atoms with E-state index >= 15 is 4.39 Å². The molecule has 3 N–H and O–H groups in total. The fourth-order valence-electron chi connectivity index (χ4n) is 4.19. The molecular formula is C25H24F2N4O4. The summed E-state index contributed by atoms with van der Waals surface area (Å²) < 4.78 is 48.2. The maximum atomic E-state index is 15.9. The van der Waals surface area contributed by atoms with Crippen molar-refractivity contribution in [2.75, 3.05) is 12.3 Å². The molecule has 1 aliphatic heterocycles. The quantitative estimate of drug-likeness (QED) is 0.398. The summed E-state index contributed by atoms with van der Waals surface area (Å²) in [6.07, 6.45) is -5.29. The van der Waals surface area contributed by atoms with Crippen LogP contribution in [-0.4, -0.2) is 44.7 Å². The molecule has 35 heavy (non-hydrogen) atoms. The first-order valence-corrected chi connectivity index (χ1v) is 11.1. The third kappa shape index (κ3) is 4.61. The Morgan fingerprint density at radius 3 is 2.34 bits per heavy atom. The van der Waals surface area contributed by atoms with Crippen molar-refractivity contribution < 1.29 is 28.1 Å². The van der Waals surface area contributed by atoms with Gasteiger partial charge in [0.2, 0.25) is 5.79 Å². The van der Waals surface area contributed by atoms with E-state index in [1.807, 2.05) is 60.7 Å². The summed E-state index contributed by atoms with van der Waals surface area (Å²) in [5, 5.41) is 15.0. The van der Waals surface area contributed by atoms with Crippen LogP contribution in [0.3, 0.4) is 0 Å². The van der Waals surface area contributed by atoms with Crippen LogP contribution < -0.4 is 5.73 Å². The van der Waals surface area contributed by atoms with Crippen LogP contribution in [0, 0.1) is 6.08 Å². The Morgan fingerprint density at radius 1 is 1.00 bits per heavy atom. The minimum Gasteiger partial charge on any atom is -0.382 e. The molecule has 0 spiro atoms. The molecule has 5 rings (SSSR count). The van der Waals surface area contributed by atoms with E-state index in [4.69, 9.17) is 19.9 Å². The van der Waals surface area contributed by atoms with Gasteiger partial charge >= 0.3 is 6.08 Å². The van der Waals surface area contributed by atoms with Crippen molar-refractivity contribution in [1.82, 2.24) is 14.6 Å². The largest absolute Gasteiger partial charge is 0.382 e. The van der Waals surface area contributed by atoms with Crippen molar-refractivity contribution in [2.24, 2.45) is 0 Å². The Hall–Kier alpha value is -3.44. The first-order valence-electron chi connectivity index (χ1n) is 11.1. The molecule has 2 aromatic heterocycles. The zero-order chi connectivity index (χ0) is 24.4. The molecule has 0 aliphatic carbocycles. The van der Waals surface area contributed by atoms with Crippen LogP contribution in [0.1, 0.15) is 16.8 Å². The van der Waals surface area contributed by atoms with Crippen LogP contribution in [-0.2, 0) is 33.2 Å². The monoisotopic (exact) mass is 482 g/mol. The van der Waals surface area contributed by atoms with Gasteiger partial charge in [0.1, 0.15) is 23.4 Å². The minimum absolute atomic E-state index is 0.0497. The zero-order valence-electron chi connectivity index (χ0n) is 18.6. The summed E-state index contributed by atoms with van der Waals surface area (Å²) in [5.74, 6) is -2.64. The fourth-order valence-corrected chi connectivity index (χ4v) is 4.19. The second-order valence-corrected chi connectivity index (χ2v) is 8.30. The van der Waals surface area contributed by atoms with E-state index in [2.05, 4.69) is 10.1 Å². The molecule has 4 atom stereocenters. The van der Waals surface area contributed by atoms with E-state index < -0.39 is 30.2 Å². The van der Waals surface area contributed by atoms with Crippen molar-refractivity contribution in [3.63, 3.8) is 0 Å². The van der Waals surface area contributed by atoms with Gasteiger partial charge in [-0.05, 0) is 23.3 Å². The Labute approximate surface area is 199 Å². The van der Waals surface area contributed by atoms with E-state index in [0.717, 1.165) is 15.6 Å². The normalized spacial score (nSPS) is 24.3. The van der Waals surface area contributed by atoms with E-state index in [0.29, 0.717) is 0 Å². The van der Waals surface area contributed by atoms with Crippen LogP contribution in [0.2, 0.25) is 0 Å². The van der Waals surface area contributed by atoms with Crippen molar-refractivity contribution >= 4 is 11.3 Å². The summed E-state index contributed by atoms with van der Waals surface area (Å²) in [6, 6.07) is 21.5. The number of nitrogen functional groups attached to an aromatic ring is 1. The van der Waals surface area contributed by atoms with Crippen LogP contribution in [0.4, 0.5) is 14.6 Å². The maximum absolute atomic E-state index is 15.9. The molecule has 4 aromatic rings. The lowest BCUT2D eigenvalue weighted by Gasteiger charge is -2.24. The van der Waals surface area contributed by atoms with Gasteiger partial charge in [0.25, 0.3) is 0 Å². The fraction of sp³-hybridized carbons (Fsp3) is 0.280. The van der Waals surface area contributed by atoms with Crippen molar-refractivity contribution in [2.45, 2.75) is 37.4 Å². The van der Waals surface area contributed by atoms with Crippen molar-refractivity contribution in [3.8, 4) is 0 Å². The first kappa shape index (κ1) is 23.3. The number of anilines is 1. The van der Waals surface area contributed by atoms with Gasteiger partial charge in [-0.3, -0.25) is 0 Å². The van der Waals surface area contributed by atoms with E-state index in [1.165, 1.54) is 12.1 Å². The highest BCUT2D eigenvalue weighted by Crippen LogP contribution is 2.42. The number of aromatic nitrogens is 3. The second kappa shape index (κ2) is 9.67. The molecule has 2 aromatic carbocycles. The lowest BCUT2D eigenvalue weighted by molar-refractivity contribution is -0.232. The van der Waals surface area contributed by atoms with Crippen LogP contribution in [0.25, 0.3) is 5.52 Å².